The van der Waals surface area contributed by atoms with Crippen LogP contribution in [0.5, 0.6) is 0 Å². The molecule has 0 bridgehead atoms. The summed E-state index contributed by atoms with van der Waals surface area (Å²) >= 11 is 5.78. The molecule has 1 aromatic rings. The molecule has 14 heavy (non-hydrogen) atoms. The Kier molecular flexibility index (Phi) is 6.26. The molecular formula is C9H14ClN2OP. The summed E-state index contributed by atoms with van der Waals surface area (Å²) < 4.78 is 0. The van der Waals surface area contributed by atoms with Gasteiger partial charge < -0.3 is 11.1 Å². The summed E-state index contributed by atoms with van der Waals surface area (Å²) in [4.78, 5) is 10.4. The van der Waals surface area contributed by atoms with Crippen molar-refractivity contribution in [2.45, 2.75) is 13.8 Å². The van der Waals surface area contributed by atoms with Gasteiger partial charge in [0.25, 0.3) is 0 Å². The topological polar surface area (TPSA) is 55.1 Å². The number of halogens is 1. The second-order valence-corrected chi connectivity index (χ2v) is 3.25. The summed E-state index contributed by atoms with van der Waals surface area (Å²) in [7, 11) is 2.48. The van der Waals surface area contributed by atoms with Crippen molar-refractivity contribution >= 4 is 37.9 Å². The summed E-state index contributed by atoms with van der Waals surface area (Å²) in [6, 6.07) is 4.54. The van der Waals surface area contributed by atoms with E-state index in [9.17, 15) is 4.79 Å². The monoisotopic (exact) mass is 232 g/mol. The molecule has 0 spiro atoms. The number of hydrogen-bond acceptors (Lipinski definition) is 1. The molecule has 0 saturated carbocycles. The van der Waals surface area contributed by atoms with E-state index in [2.05, 4.69) is 14.6 Å². The number of anilines is 1. The van der Waals surface area contributed by atoms with Gasteiger partial charge in [0.1, 0.15) is 0 Å². The summed E-state index contributed by atoms with van der Waals surface area (Å²) in [6.45, 7) is 4.00. The lowest BCUT2D eigenvalue weighted by Gasteiger charge is -2.02. The summed E-state index contributed by atoms with van der Waals surface area (Å²) in [5.41, 5.74) is 5.51. The van der Waals surface area contributed by atoms with Gasteiger partial charge in [-0.05, 0) is 17.4 Å². The third-order valence-corrected chi connectivity index (χ3v) is 2.28. The third kappa shape index (κ3) is 4.45. The van der Waals surface area contributed by atoms with Gasteiger partial charge in [-0.25, -0.2) is 4.79 Å². The van der Waals surface area contributed by atoms with E-state index in [-0.39, 0.29) is 0 Å². The van der Waals surface area contributed by atoms with Crippen molar-refractivity contribution in [2.24, 2.45) is 5.73 Å². The SMILES string of the molecule is CC.NC(=O)Nc1ccc(P)c(Cl)c1. The Hall–Kier alpha value is -0.790. The van der Waals surface area contributed by atoms with E-state index < -0.39 is 6.03 Å². The lowest BCUT2D eigenvalue weighted by molar-refractivity contribution is 0.259. The lowest BCUT2D eigenvalue weighted by atomic mass is 10.3. The van der Waals surface area contributed by atoms with Crippen LogP contribution in [-0.4, -0.2) is 6.03 Å². The molecule has 1 rings (SSSR count). The molecule has 5 heteroatoms. The fourth-order valence-corrected chi connectivity index (χ4v) is 1.11. The van der Waals surface area contributed by atoms with Crippen molar-refractivity contribution in [3.8, 4) is 0 Å². The predicted octanol–water partition coefficient (Wildman–Crippen LogP) is 2.36. The number of benzene rings is 1. The number of nitrogens with two attached hydrogens (primary N) is 1. The maximum atomic E-state index is 10.4. The van der Waals surface area contributed by atoms with E-state index >= 15 is 0 Å². The van der Waals surface area contributed by atoms with Gasteiger partial charge in [0, 0.05) is 10.7 Å². The molecule has 78 valence electrons. The highest BCUT2D eigenvalue weighted by Crippen LogP contribution is 2.14. The predicted molar refractivity (Wildman–Crippen MR) is 65.4 cm³/mol. The number of nitrogens with one attached hydrogen (secondary N) is 1. The first-order chi connectivity index (χ1) is 6.59. The van der Waals surface area contributed by atoms with Crippen LogP contribution < -0.4 is 16.4 Å². The second kappa shape index (κ2) is 6.63. The normalized spacial score (nSPS) is 8.57. The Morgan fingerprint density at radius 1 is 1.50 bits per heavy atom. The quantitative estimate of drug-likeness (QED) is 0.718. The molecule has 0 saturated heterocycles. The van der Waals surface area contributed by atoms with Gasteiger partial charge >= 0.3 is 6.03 Å². The number of primary amides is 1. The van der Waals surface area contributed by atoms with Crippen molar-refractivity contribution in [2.75, 3.05) is 5.32 Å². The van der Waals surface area contributed by atoms with Crippen LogP contribution in [0, 0.1) is 0 Å². The van der Waals surface area contributed by atoms with Crippen LogP contribution >= 0.6 is 20.8 Å². The van der Waals surface area contributed by atoms with E-state index in [0.717, 1.165) is 5.30 Å². The van der Waals surface area contributed by atoms with E-state index in [1.165, 1.54) is 0 Å². The Balaban J connectivity index is 0.000000791. The molecule has 0 aliphatic heterocycles. The van der Waals surface area contributed by atoms with Crippen molar-refractivity contribution < 1.29 is 4.79 Å². The van der Waals surface area contributed by atoms with Crippen molar-refractivity contribution in [3.63, 3.8) is 0 Å². The number of carbonyl (C=O) groups excluding carboxylic acids is 1. The zero-order valence-electron chi connectivity index (χ0n) is 8.17. The van der Waals surface area contributed by atoms with Crippen LogP contribution in [0.2, 0.25) is 5.02 Å². The average Bonchev–Trinajstić information content (AvgIpc) is 2.14. The molecule has 1 unspecified atom stereocenters. The zero-order valence-corrected chi connectivity index (χ0v) is 10.1. The molecule has 1 aromatic carbocycles. The molecule has 0 heterocycles. The summed E-state index contributed by atoms with van der Waals surface area (Å²) in [6.07, 6.45) is 0. The highest BCUT2D eigenvalue weighted by atomic mass is 35.5. The second-order valence-electron chi connectivity index (χ2n) is 2.23. The van der Waals surface area contributed by atoms with Gasteiger partial charge in [-0.15, -0.1) is 9.24 Å². The Morgan fingerprint density at radius 2 is 2.07 bits per heavy atom. The largest absolute Gasteiger partial charge is 0.351 e. The molecule has 1 atom stereocenters. The standard InChI is InChI=1S/C7H8ClN2OP.C2H6/c8-5-3-4(10-7(9)11)1-2-6(5)12;1-2/h1-3H,12H2,(H3,9,10,11);1-2H3. The molecule has 0 radical (unpaired) electrons. The minimum atomic E-state index is -0.595. The van der Waals surface area contributed by atoms with Crippen LogP contribution in [0.1, 0.15) is 13.8 Å². The highest BCUT2D eigenvalue weighted by molar-refractivity contribution is 7.28. The molecule has 0 aliphatic carbocycles. The highest BCUT2D eigenvalue weighted by Gasteiger charge is 1.98. The molecular weight excluding hydrogens is 219 g/mol. The van der Waals surface area contributed by atoms with E-state index in [0.29, 0.717) is 10.7 Å². The summed E-state index contributed by atoms with van der Waals surface area (Å²) in [5, 5.41) is 3.87. The zero-order chi connectivity index (χ0) is 11.1. The van der Waals surface area contributed by atoms with Gasteiger partial charge in [-0.2, -0.15) is 0 Å². The van der Waals surface area contributed by atoms with Crippen molar-refractivity contribution in [1.29, 1.82) is 0 Å². The maximum absolute atomic E-state index is 10.4. The van der Waals surface area contributed by atoms with Gasteiger partial charge in [-0.1, -0.05) is 31.5 Å². The van der Waals surface area contributed by atoms with Crippen LogP contribution in [0.4, 0.5) is 10.5 Å². The van der Waals surface area contributed by atoms with E-state index in [1.807, 2.05) is 13.8 Å². The lowest BCUT2D eigenvalue weighted by Crippen LogP contribution is -2.19. The number of amides is 2. The smallest absolute Gasteiger partial charge is 0.316 e. The van der Waals surface area contributed by atoms with Crippen LogP contribution in [0.3, 0.4) is 0 Å². The fourth-order valence-electron chi connectivity index (χ4n) is 0.747. The van der Waals surface area contributed by atoms with Gasteiger partial charge in [-0.3, -0.25) is 0 Å². The van der Waals surface area contributed by atoms with Crippen LogP contribution in [-0.2, 0) is 0 Å². The Labute approximate surface area is 91.2 Å². The number of hydrogen-bond donors (Lipinski definition) is 2. The van der Waals surface area contributed by atoms with E-state index in [4.69, 9.17) is 17.3 Å². The van der Waals surface area contributed by atoms with Gasteiger partial charge in [0.15, 0.2) is 0 Å². The van der Waals surface area contributed by atoms with Gasteiger partial charge in [0.2, 0.25) is 0 Å². The summed E-state index contributed by atoms with van der Waals surface area (Å²) in [5.74, 6) is 0. The first-order valence-corrected chi connectivity index (χ1v) is 5.16. The third-order valence-electron chi connectivity index (χ3n) is 1.27. The first-order valence-electron chi connectivity index (χ1n) is 4.21. The average molecular weight is 233 g/mol. The van der Waals surface area contributed by atoms with Crippen LogP contribution in [0.15, 0.2) is 18.2 Å². The molecule has 3 N–H and O–H groups in total. The minimum absolute atomic E-state index is 0.575. The molecule has 3 nitrogen and oxygen atoms in total. The van der Waals surface area contributed by atoms with Gasteiger partial charge in [0.05, 0.1) is 0 Å². The van der Waals surface area contributed by atoms with Crippen LogP contribution in [0.25, 0.3) is 0 Å². The molecule has 2 amide bonds. The number of urea groups is 1. The first kappa shape index (κ1) is 13.2. The minimum Gasteiger partial charge on any atom is -0.351 e. The Bertz CT molecular complexity index is 318. The fraction of sp³-hybridized carbons (Fsp3) is 0.222. The Morgan fingerprint density at radius 3 is 2.50 bits per heavy atom. The maximum Gasteiger partial charge on any atom is 0.316 e. The molecule has 0 aliphatic rings. The molecule has 0 aromatic heterocycles. The van der Waals surface area contributed by atoms with E-state index in [1.54, 1.807) is 18.2 Å². The van der Waals surface area contributed by atoms with Crippen molar-refractivity contribution in [3.05, 3.63) is 23.2 Å². The van der Waals surface area contributed by atoms with Crippen molar-refractivity contribution in [1.82, 2.24) is 0 Å². The number of rotatable bonds is 1. The number of carbonyl (C=O) groups is 1. The molecule has 0 fully saturated rings.